The van der Waals surface area contributed by atoms with Crippen LogP contribution in [0.5, 0.6) is 0 Å². The maximum Gasteiger partial charge on any atom is 0.317 e. The monoisotopic (exact) mass is 494 g/mol. The van der Waals surface area contributed by atoms with Gasteiger partial charge in [0.2, 0.25) is 0 Å². The van der Waals surface area contributed by atoms with E-state index < -0.39 is 0 Å². The topological polar surface area (TPSA) is 58.9 Å². The summed E-state index contributed by atoms with van der Waals surface area (Å²) >= 11 is 7.64. The fourth-order valence-corrected chi connectivity index (χ4v) is 5.25. The maximum absolute atomic E-state index is 13.1. The number of nitrogens with one attached hydrogen (secondary N) is 1. The van der Waals surface area contributed by atoms with Gasteiger partial charge in [-0.05, 0) is 30.5 Å². The Morgan fingerprint density at radius 2 is 2.03 bits per heavy atom. The molecule has 1 aliphatic heterocycles. The van der Waals surface area contributed by atoms with Gasteiger partial charge in [-0.3, -0.25) is 4.40 Å². The van der Waals surface area contributed by atoms with Crippen LogP contribution in [-0.2, 0) is 17.7 Å². The van der Waals surface area contributed by atoms with Crippen molar-refractivity contribution in [1.82, 2.24) is 19.6 Å². The molecule has 1 unspecified atom stereocenters. The van der Waals surface area contributed by atoms with Crippen LogP contribution in [-0.4, -0.2) is 46.1 Å². The van der Waals surface area contributed by atoms with E-state index in [-0.39, 0.29) is 12.1 Å². The van der Waals surface area contributed by atoms with Gasteiger partial charge in [0.15, 0.2) is 4.96 Å². The van der Waals surface area contributed by atoms with Crippen LogP contribution in [0.1, 0.15) is 24.1 Å². The zero-order valence-corrected chi connectivity index (χ0v) is 20.4. The average Bonchev–Trinajstić information content (AvgIpc) is 3.60. The van der Waals surface area contributed by atoms with Gasteiger partial charge in [0.25, 0.3) is 0 Å². The Bertz CT molecular complexity index is 1230. The molecule has 1 aliphatic rings. The van der Waals surface area contributed by atoms with Crippen molar-refractivity contribution in [1.29, 1.82) is 0 Å². The summed E-state index contributed by atoms with van der Waals surface area (Å²) in [4.78, 5) is 20.7. The summed E-state index contributed by atoms with van der Waals surface area (Å²) in [6.07, 6.45) is 4.95. The molecule has 0 saturated carbocycles. The van der Waals surface area contributed by atoms with Gasteiger partial charge in [-0.2, -0.15) is 0 Å². The molecule has 1 N–H and O–H groups in total. The van der Waals surface area contributed by atoms with Crippen LogP contribution < -0.4 is 5.32 Å². The van der Waals surface area contributed by atoms with Crippen LogP contribution in [0.4, 0.5) is 4.79 Å². The molecule has 0 spiro atoms. The lowest BCUT2D eigenvalue weighted by molar-refractivity contribution is 0.0814. The number of hydrogen-bond acceptors (Lipinski definition) is 4. The summed E-state index contributed by atoms with van der Waals surface area (Å²) < 4.78 is 7.95. The number of urea groups is 1. The van der Waals surface area contributed by atoms with E-state index >= 15 is 0 Å². The third-order valence-corrected chi connectivity index (χ3v) is 7.22. The van der Waals surface area contributed by atoms with Crippen molar-refractivity contribution in [3.63, 3.8) is 0 Å². The number of imidazole rings is 1. The second kappa shape index (κ2) is 10.6. The number of thiazole rings is 1. The minimum atomic E-state index is -0.0571. The lowest BCUT2D eigenvalue weighted by Gasteiger charge is -2.25. The minimum Gasteiger partial charge on any atom is -0.376 e. The van der Waals surface area contributed by atoms with Crippen LogP contribution in [0.25, 0.3) is 16.2 Å². The number of ether oxygens (including phenoxy) is 1. The van der Waals surface area contributed by atoms with E-state index in [9.17, 15) is 4.79 Å². The van der Waals surface area contributed by atoms with Gasteiger partial charge in [-0.15, -0.1) is 11.3 Å². The number of fused-ring (bicyclic) bond motifs is 1. The minimum absolute atomic E-state index is 0.0571. The maximum atomic E-state index is 13.1. The molecule has 6 nitrogen and oxygen atoms in total. The number of carbonyl (C=O) groups is 1. The Labute approximate surface area is 208 Å². The first kappa shape index (κ1) is 22.9. The Kier molecular flexibility index (Phi) is 7.13. The highest BCUT2D eigenvalue weighted by atomic mass is 35.5. The van der Waals surface area contributed by atoms with Crippen molar-refractivity contribution in [2.24, 2.45) is 0 Å². The highest BCUT2D eigenvalue weighted by molar-refractivity contribution is 7.15. The summed E-state index contributed by atoms with van der Waals surface area (Å²) in [5.41, 5.74) is 4.18. The number of amides is 2. The van der Waals surface area contributed by atoms with Gasteiger partial charge in [-0.1, -0.05) is 54.1 Å². The number of rotatable bonds is 8. The molecule has 1 saturated heterocycles. The van der Waals surface area contributed by atoms with Gasteiger partial charge < -0.3 is 15.0 Å². The van der Waals surface area contributed by atoms with E-state index in [1.165, 1.54) is 0 Å². The molecule has 1 atom stereocenters. The van der Waals surface area contributed by atoms with E-state index in [1.54, 1.807) is 11.3 Å². The van der Waals surface area contributed by atoms with Gasteiger partial charge in [0.1, 0.15) is 0 Å². The van der Waals surface area contributed by atoms with Crippen molar-refractivity contribution in [3.05, 3.63) is 82.5 Å². The molecule has 34 heavy (non-hydrogen) atoms. The highest BCUT2D eigenvalue weighted by Crippen LogP contribution is 2.25. The molecule has 0 bridgehead atoms. The first-order chi connectivity index (χ1) is 16.7. The first-order valence-electron chi connectivity index (χ1n) is 11.6. The van der Waals surface area contributed by atoms with Gasteiger partial charge >= 0.3 is 6.03 Å². The van der Waals surface area contributed by atoms with Crippen molar-refractivity contribution < 1.29 is 9.53 Å². The number of aromatic nitrogens is 2. The molecular formula is C26H27ClN4O2S. The van der Waals surface area contributed by atoms with Gasteiger partial charge in [0.05, 0.1) is 11.8 Å². The largest absolute Gasteiger partial charge is 0.376 e. The number of hydrogen-bond donors (Lipinski definition) is 1. The summed E-state index contributed by atoms with van der Waals surface area (Å²) in [5.74, 6) is 0. The molecule has 5 rings (SSSR count). The third kappa shape index (κ3) is 5.43. The molecule has 2 aromatic heterocycles. The van der Waals surface area contributed by atoms with Crippen LogP contribution in [0.15, 0.2) is 66.2 Å². The van der Waals surface area contributed by atoms with Crippen molar-refractivity contribution in [2.75, 3.05) is 19.7 Å². The molecule has 2 amide bonds. The lowest BCUT2D eigenvalue weighted by atomic mass is 10.2. The summed E-state index contributed by atoms with van der Waals surface area (Å²) in [5, 5.41) is 5.91. The highest BCUT2D eigenvalue weighted by Gasteiger charge is 2.23. The predicted molar refractivity (Wildman–Crippen MR) is 136 cm³/mol. The van der Waals surface area contributed by atoms with E-state index in [1.807, 2.05) is 59.5 Å². The molecule has 2 aromatic carbocycles. The Balaban J connectivity index is 1.28. The molecule has 176 valence electrons. The van der Waals surface area contributed by atoms with E-state index in [4.69, 9.17) is 21.3 Å². The smallest absolute Gasteiger partial charge is 0.317 e. The zero-order valence-electron chi connectivity index (χ0n) is 18.8. The standard InChI is InChI=1S/C26H27ClN4O2S/c27-21-10-8-20(9-11-21)24-17-31-22(18-34-26(31)29-24)12-13-30(16-23-7-4-14-33-23)25(32)28-15-19-5-2-1-3-6-19/h1-3,5-6,8-11,17-18,23H,4,7,12-16H2,(H,28,32). The van der Waals surface area contributed by atoms with Crippen LogP contribution >= 0.6 is 22.9 Å². The normalized spacial score (nSPS) is 15.6. The molecule has 0 radical (unpaired) electrons. The van der Waals surface area contributed by atoms with E-state index in [0.29, 0.717) is 24.7 Å². The molecule has 1 fully saturated rings. The number of nitrogens with zero attached hydrogens (tertiary/aromatic N) is 3. The van der Waals surface area contributed by atoms with Crippen LogP contribution in [0, 0.1) is 0 Å². The second-order valence-corrected chi connectivity index (χ2v) is 9.76. The SMILES string of the molecule is O=C(NCc1ccccc1)N(CCc1csc2nc(-c3ccc(Cl)cc3)cn12)CC1CCCO1. The molecular weight excluding hydrogens is 468 g/mol. The number of benzene rings is 2. The third-order valence-electron chi connectivity index (χ3n) is 6.08. The first-order valence-corrected chi connectivity index (χ1v) is 12.8. The summed E-state index contributed by atoms with van der Waals surface area (Å²) in [6.45, 7) is 2.50. The summed E-state index contributed by atoms with van der Waals surface area (Å²) in [7, 11) is 0. The van der Waals surface area contributed by atoms with E-state index in [0.717, 1.165) is 53.3 Å². The molecule has 3 heterocycles. The Hall–Kier alpha value is -2.87. The van der Waals surface area contributed by atoms with Crippen LogP contribution in [0.2, 0.25) is 5.02 Å². The molecule has 8 heteroatoms. The fraction of sp³-hybridized carbons (Fsp3) is 0.308. The second-order valence-electron chi connectivity index (χ2n) is 8.49. The molecule has 0 aliphatic carbocycles. The number of carbonyl (C=O) groups excluding carboxylic acids is 1. The van der Waals surface area contributed by atoms with Gasteiger partial charge in [0, 0.05) is 60.5 Å². The zero-order chi connectivity index (χ0) is 23.3. The average molecular weight is 495 g/mol. The molecule has 4 aromatic rings. The van der Waals surface area contributed by atoms with Crippen molar-refractivity contribution >= 4 is 33.9 Å². The lowest BCUT2D eigenvalue weighted by Crippen LogP contribution is -2.44. The van der Waals surface area contributed by atoms with Crippen molar-refractivity contribution in [3.8, 4) is 11.3 Å². The van der Waals surface area contributed by atoms with Crippen LogP contribution in [0.3, 0.4) is 0 Å². The predicted octanol–water partition coefficient (Wildman–Crippen LogP) is 5.65. The quantitative estimate of drug-likeness (QED) is 0.344. The Morgan fingerprint density at radius 1 is 1.21 bits per heavy atom. The Morgan fingerprint density at radius 3 is 2.79 bits per heavy atom. The fourth-order valence-electron chi connectivity index (χ4n) is 4.21. The van der Waals surface area contributed by atoms with E-state index in [2.05, 4.69) is 21.3 Å². The summed E-state index contributed by atoms with van der Waals surface area (Å²) in [6, 6.07) is 17.6. The van der Waals surface area contributed by atoms with Crippen molar-refractivity contribution in [2.45, 2.75) is 31.9 Å². The number of halogens is 1. The van der Waals surface area contributed by atoms with Gasteiger partial charge in [-0.25, -0.2) is 9.78 Å².